The summed E-state index contributed by atoms with van der Waals surface area (Å²) in [5, 5.41) is 0. The minimum Gasteiger partial charge on any atom is -0.317 e. The fraction of sp³-hybridized carbons (Fsp3) is 0.800. The third-order valence-corrected chi connectivity index (χ3v) is 7.28. The van der Waals surface area contributed by atoms with E-state index >= 15 is 0 Å². The molecule has 0 bridgehead atoms. The lowest BCUT2D eigenvalue weighted by atomic mass is 9.97. The van der Waals surface area contributed by atoms with Crippen molar-refractivity contribution in [1.82, 2.24) is 0 Å². The lowest BCUT2D eigenvalue weighted by Gasteiger charge is -2.45. The van der Waals surface area contributed by atoms with E-state index in [1.807, 2.05) is 0 Å². The van der Waals surface area contributed by atoms with Crippen molar-refractivity contribution in [2.45, 2.75) is 136 Å². The fourth-order valence-electron chi connectivity index (χ4n) is 5.75. The number of quaternary nitrogens is 1. The summed E-state index contributed by atoms with van der Waals surface area (Å²) >= 11 is 0. The number of hydrogen-bond donors (Lipinski definition) is 0. The van der Waals surface area contributed by atoms with Crippen molar-refractivity contribution in [1.29, 1.82) is 0 Å². The van der Waals surface area contributed by atoms with E-state index < -0.39 is 0 Å². The highest BCUT2D eigenvalue weighted by Crippen LogP contribution is 2.33. The van der Waals surface area contributed by atoms with Crippen LogP contribution in [0, 0.1) is 0 Å². The first-order chi connectivity index (χ1) is 15.2. The van der Waals surface area contributed by atoms with Crippen molar-refractivity contribution >= 4 is 0 Å². The van der Waals surface area contributed by atoms with Gasteiger partial charge in [-0.1, -0.05) is 129 Å². The lowest BCUT2D eigenvalue weighted by Crippen LogP contribution is -2.52. The molecule has 1 atom stereocenters. The van der Waals surface area contributed by atoms with E-state index in [0.29, 0.717) is 6.04 Å². The molecule has 31 heavy (non-hydrogen) atoms. The number of benzene rings is 1. The topological polar surface area (TPSA) is 0 Å². The van der Waals surface area contributed by atoms with Gasteiger partial charge in [0.2, 0.25) is 0 Å². The second-order valence-electron chi connectivity index (χ2n) is 9.97. The summed E-state index contributed by atoms with van der Waals surface area (Å²) in [6.07, 6.45) is 22.6. The average molecular weight is 431 g/mol. The van der Waals surface area contributed by atoms with Gasteiger partial charge in [-0.2, -0.15) is 0 Å². The molecule has 0 spiro atoms. The smallest absolute Gasteiger partial charge is 0.114 e. The maximum atomic E-state index is 2.40. The Balaban J connectivity index is 2.35. The normalized spacial score (nSPS) is 12.9. The van der Waals surface area contributed by atoms with E-state index in [4.69, 9.17) is 0 Å². The van der Waals surface area contributed by atoms with Crippen LogP contribution in [-0.2, 0) is 0 Å². The van der Waals surface area contributed by atoms with Crippen molar-refractivity contribution in [3.8, 4) is 0 Å². The summed E-state index contributed by atoms with van der Waals surface area (Å²) in [7, 11) is 0. The van der Waals surface area contributed by atoms with Crippen LogP contribution in [0.25, 0.3) is 0 Å². The molecule has 180 valence electrons. The Bertz CT molecular complexity index is 488. The first kappa shape index (κ1) is 28.2. The third kappa shape index (κ3) is 11.6. The van der Waals surface area contributed by atoms with E-state index in [0.717, 1.165) is 0 Å². The van der Waals surface area contributed by atoms with Gasteiger partial charge in [0.05, 0.1) is 19.6 Å². The summed E-state index contributed by atoms with van der Waals surface area (Å²) in [4.78, 5) is 0. The van der Waals surface area contributed by atoms with Crippen LogP contribution in [0.2, 0.25) is 0 Å². The largest absolute Gasteiger partial charge is 0.317 e. The molecule has 0 fully saturated rings. The van der Waals surface area contributed by atoms with Crippen LogP contribution in [0.3, 0.4) is 0 Å². The molecule has 1 aromatic carbocycles. The van der Waals surface area contributed by atoms with Crippen molar-refractivity contribution in [3.05, 3.63) is 35.9 Å². The highest BCUT2D eigenvalue weighted by molar-refractivity contribution is 5.17. The summed E-state index contributed by atoms with van der Waals surface area (Å²) in [5.41, 5.74) is 1.56. The average Bonchev–Trinajstić information content (AvgIpc) is 2.78. The molecule has 1 unspecified atom stereocenters. The molecule has 0 aliphatic rings. The molecular weight excluding hydrogens is 374 g/mol. The zero-order chi connectivity index (χ0) is 22.6. The lowest BCUT2D eigenvalue weighted by molar-refractivity contribution is -0.957. The number of rotatable bonds is 21. The van der Waals surface area contributed by atoms with Gasteiger partial charge in [-0.25, -0.2) is 0 Å². The molecule has 0 aliphatic heterocycles. The van der Waals surface area contributed by atoms with E-state index in [2.05, 4.69) is 58.0 Å². The number of unbranched alkanes of at least 4 members (excludes halogenated alkanes) is 12. The highest BCUT2D eigenvalue weighted by atomic mass is 15.4. The predicted octanol–water partition coefficient (Wildman–Crippen LogP) is 9.87. The molecule has 1 rings (SSSR count). The van der Waals surface area contributed by atoms with Gasteiger partial charge in [-0.3, -0.25) is 0 Å². The maximum absolute atomic E-state index is 2.40. The Hall–Kier alpha value is -0.820. The van der Waals surface area contributed by atoms with Gasteiger partial charge in [0.25, 0.3) is 0 Å². The molecule has 0 saturated carbocycles. The van der Waals surface area contributed by atoms with E-state index in [1.54, 1.807) is 5.56 Å². The zero-order valence-corrected chi connectivity index (χ0v) is 21.8. The first-order valence-corrected chi connectivity index (χ1v) is 14.1. The summed E-state index contributed by atoms with van der Waals surface area (Å²) < 4.78 is 1.31. The monoisotopic (exact) mass is 430 g/mol. The highest BCUT2D eigenvalue weighted by Gasteiger charge is 2.34. The van der Waals surface area contributed by atoms with Crippen molar-refractivity contribution < 1.29 is 4.48 Å². The van der Waals surface area contributed by atoms with Gasteiger partial charge in [-0.05, 0) is 25.7 Å². The second-order valence-corrected chi connectivity index (χ2v) is 9.97. The summed E-state index contributed by atoms with van der Waals surface area (Å²) in [6, 6.07) is 12.0. The Morgan fingerprint density at radius 3 is 1.39 bits per heavy atom. The predicted molar refractivity (Wildman–Crippen MR) is 141 cm³/mol. The minimum absolute atomic E-state index is 0.665. The molecule has 0 aliphatic carbocycles. The molecular formula is C30H56N+. The Labute approximate surface area is 196 Å². The SMILES string of the molecule is CCCCCCCCCCCCCCC[N+](CCC)(CCC)C(CC)c1ccccc1. The van der Waals surface area contributed by atoms with Crippen LogP contribution in [0.15, 0.2) is 30.3 Å². The number of hydrogen-bond acceptors (Lipinski definition) is 0. The first-order valence-electron chi connectivity index (χ1n) is 14.1. The molecule has 1 aromatic rings. The third-order valence-electron chi connectivity index (χ3n) is 7.28. The van der Waals surface area contributed by atoms with Crippen LogP contribution in [-0.4, -0.2) is 24.1 Å². The molecule has 0 amide bonds. The van der Waals surface area contributed by atoms with Gasteiger partial charge < -0.3 is 4.48 Å². The standard InChI is InChI=1S/C30H56N/c1-5-9-10-11-12-13-14-15-16-17-18-19-23-28-31(26-6-2,27-7-3)30(8-4)29-24-21-20-22-25-29/h20-22,24-25,30H,5-19,23,26-28H2,1-4H3/q+1. The van der Waals surface area contributed by atoms with E-state index in [9.17, 15) is 0 Å². The molecule has 0 N–H and O–H groups in total. The molecule has 0 aromatic heterocycles. The van der Waals surface area contributed by atoms with Crippen LogP contribution in [0.5, 0.6) is 0 Å². The van der Waals surface area contributed by atoms with E-state index in [-0.39, 0.29) is 0 Å². The number of nitrogens with zero attached hydrogens (tertiary/aromatic N) is 1. The maximum Gasteiger partial charge on any atom is 0.114 e. The van der Waals surface area contributed by atoms with E-state index in [1.165, 1.54) is 127 Å². The van der Waals surface area contributed by atoms with Gasteiger partial charge in [0, 0.05) is 12.0 Å². The van der Waals surface area contributed by atoms with Crippen molar-refractivity contribution in [2.75, 3.05) is 19.6 Å². The Kier molecular flexibility index (Phi) is 17.0. The minimum atomic E-state index is 0.665. The zero-order valence-electron chi connectivity index (χ0n) is 21.8. The summed E-state index contributed by atoms with van der Waals surface area (Å²) in [6.45, 7) is 13.5. The molecule has 1 nitrogen and oxygen atoms in total. The van der Waals surface area contributed by atoms with Crippen molar-refractivity contribution in [2.24, 2.45) is 0 Å². The second kappa shape index (κ2) is 18.7. The Morgan fingerprint density at radius 1 is 0.516 bits per heavy atom. The molecule has 0 radical (unpaired) electrons. The van der Waals surface area contributed by atoms with Crippen LogP contribution < -0.4 is 0 Å². The van der Waals surface area contributed by atoms with Crippen LogP contribution in [0.1, 0.15) is 142 Å². The summed E-state index contributed by atoms with van der Waals surface area (Å²) in [5.74, 6) is 0. The molecule has 0 saturated heterocycles. The Morgan fingerprint density at radius 2 is 0.968 bits per heavy atom. The molecule has 0 heterocycles. The fourth-order valence-corrected chi connectivity index (χ4v) is 5.75. The van der Waals surface area contributed by atoms with Crippen molar-refractivity contribution in [3.63, 3.8) is 0 Å². The quantitative estimate of drug-likeness (QED) is 0.134. The van der Waals surface area contributed by atoms with Gasteiger partial charge >= 0.3 is 0 Å². The molecule has 1 heteroatoms. The van der Waals surface area contributed by atoms with Crippen LogP contribution >= 0.6 is 0 Å². The van der Waals surface area contributed by atoms with Gasteiger partial charge in [-0.15, -0.1) is 0 Å². The van der Waals surface area contributed by atoms with Gasteiger partial charge in [0.1, 0.15) is 6.04 Å². The van der Waals surface area contributed by atoms with Gasteiger partial charge in [0.15, 0.2) is 0 Å². The van der Waals surface area contributed by atoms with Crippen LogP contribution in [0.4, 0.5) is 0 Å².